The number of rotatable bonds is 12. The molecular weight excluding hydrogens is 605 g/mol. The summed E-state index contributed by atoms with van der Waals surface area (Å²) in [6.07, 6.45) is 1.68. The van der Waals surface area contributed by atoms with E-state index >= 15 is 0 Å². The lowest BCUT2D eigenvalue weighted by Gasteiger charge is -2.34. The summed E-state index contributed by atoms with van der Waals surface area (Å²) in [7, 11) is -3.61. The summed E-state index contributed by atoms with van der Waals surface area (Å²) in [6, 6.07) is 19.3. The number of benzene rings is 3. The standard InChI is InChI=1S/C33H41Cl2N3O4S/c1-23-18-24(2)20-26(19-23)38(43(6,41)42)17-11-16-31(39)37(22-27-28(34)14-10-15-29(27)35)30(32(40)36-33(3,4)5)21-25-12-8-7-9-13-25/h7-10,12-15,18-20,30H,11,16-17,21-22H2,1-6H3,(H,36,40)/t30-/m1/s1. The molecule has 0 spiro atoms. The Kier molecular flexibility index (Phi) is 11.7. The molecule has 0 heterocycles. The van der Waals surface area contributed by atoms with Gasteiger partial charge in [0.2, 0.25) is 21.8 Å². The second-order valence-corrected chi connectivity index (χ2v) is 14.7. The highest BCUT2D eigenvalue weighted by Crippen LogP contribution is 2.28. The zero-order chi connectivity index (χ0) is 31.9. The Morgan fingerprint density at radius 1 is 0.907 bits per heavy atom. The number of aryl methyl sites for hydroxylation is 2. The van der Waals surface area contributed by atoms with Crippen molar-refractivity contribution in [2.75, 3.05) is 17.1 Å². The minimum atomic E-state index is -3.61. The van der Waals surface area contributed by atoms with E-state index in [9.17, 15) is 18.0 Å². The summed E-state index contributed by atoms with van der Waals surface area (Å²) in [5.41, 5.74) is 3.32. The van der Waals surface area contributed by atoms with Gasteiger partial charge in [0.05, 0.1) is 11.9 Å². The fourth-order valence-electron chi connectivity index (χ4n) is 4.96. The predicted octanol–water partition coefficient (Wildman–Crippen LogP) is 6.71. The van der Waals surface area contributed by atoms with Crippen LogP contribution in [0.15, 0.2) is 66.7 Å². The molecule has 1 atom stereocenters. The zero-order valence-electron chi connectivity index (χ0n) is 25.7. The van der Waals surface area contributed by atoms with Crippen molar-refractivity contribution in [1.82, 2.24) is 10.2 Å². The number of hydrogen-bond donors (Lipinski definition) is 1. The lowest BCUT2D eigenvalue weighted by Crippen LogP contribution is -2.54. The second-order valence-electron chi connectivity index (χ2n) is 12.0. The fourth-order valence-corrected chi connectivity index (χ4v) is 6.43. The molecule has 0 aromatic heterocycles. The Hall–Kier alpha value is -3.07. The third-order valence-corrected chi connectivity index (χ3v) is 8.71. The molecule has 0 aliphatic carbocycles. The van der Waals surface area contributed by atoms with Crippen molar-refractivity contribution in [3.63, 3.8) is 0 Å². The maximum Gasteiger partial charge on any atom is 0.243 e. The quantitative estimate of drug-likeness (QED) is 0.237. The van der Waals surface area contributed by atoms with Crippen molar-refractivity contribution < 1.29 is 18.0 Å². The maximum absolute atomic E-state index is 14.0. The van der Waals surface area contributed by atoms with E-state index in [1.54, 1.807) is 18.2 Å². The van der Waals surface area contributed by atoms with E-state index in [2.05, 4.69) is 5.32 Å². The number of hydrogen-bond acceptors (Lipinski definition) is 4. The summed E-state index contributed by atoms with van der Waals surface area (Å²) in [4.78, 5) is 29.3. The number of sulfonamides is 1. The number of carbonyl (C=O) groups excluding carboxylic acids is 2. The average molecular weight is 647 g/mol. The number of carbonyl (C=O) groups is 2. The third kappa shape index (κ3) is 10.3. The highest BCUT2D eigenvalue weighted by molar-refractivity contribution is 7.92. The van der Waals surface area contributed by atoms with E-state index in [0.717, 1.165) is 22.9 Å². The van der Waals surface area contributed by atoms with E-state index in [1.165, 1.54) is 9.21 Å². The van der Waals surface area contributed by atoms with Crippen molar-refractivity contribution in [2.45, 2.75) is 72.0 Å². The molecule has 2 amide bonds. The monoisotopic (exact) mass is 645 g/mol. The van der Waals surface area contributed by atoms with Crippen LogP contribution in [0.3, 0.4) is 0 Å². The third-order valence-electron chi connectivity index (χ3n) is 6.81. The predicted molar refractivity (Wildman–Crippen MR) is 176 cm³/mol. The molecule has 3 aromatic carbocycles. The first kappa shape index (κ1) is 34.4. The Morgan fingerprint density at radius 3 is 2.02 bits per heavy atom. The molecule has 1 N–H and O–H groups in total. The van der Waals surface area contributed by atoms with Crippen LogP contribution in [-0.4, -0.2) is 49.5 Å². The molecule has 232 valence electrons. The van der Waals surface area contributed by atoms with Gasteiger partial charge in [-0.2, -0.15) is 0 Å². The normalized spacial score (nSPS) is 12.5. The number of amides is 2. The Balaban J connectivity index is 1.96. The SMILES string of the molecule is Cc1cc(C)cc(N(CCCC(=O)N(Cc2c(Cl)cccc2Cl)[C@H](Cc2ccccc2)C(=O)NC(C)(C)C)S(C)(=O)=O)c1. The van der Waals surface area contributed by atoms with Gasteiger partial charge in [-0.1, -0.05) is 65.7 Å². The summed E-state index contributed by atoms with van der Waals surface area (Å²) >= 11 is 13.0. The summed E-state index contributed by atoms with van der Waals surface area (Å²) in [5.74, 6) is -0.615. The number of anilines is 1. The Bertz CT molecular complexity index is 1500. The zero-order valence-corrected chi connectivity index (χ0v) is 28.0. The van der Waals surface area contributed by atoms with Crippen molar-refractivity contribution in [1.29, 1.82) is 0 Å². The van der Waals surface area contributed by atoms with Crippen LogP contribution in [0.1, 0.15) is 55.9 Å². The first-order valence-corrected chi connectivity index (χ1v) is 16.8. The van der Waals surface area contributed by atoms with Gasteiger partial charge in [-0.25, -0.2) is 8.42 Å². The van der Waals surface area contributed by atoms with Crippen LogP contribution in [-0.2, 0) is 32.6 Å². The molecule has 0 fully saturated rings. The van der Waals surface area contributed by atoms with Crippen LogP contribution in [0.25, 0.3) is 0 Å². The van der Waals surface area contributed by atoms with Crippen molar-refractivity contribution >= 4 is 50.7 Å². The molecule has 0 radical (unpaired) electrons. The Labute approximate surface area is 266 Å². The second kappa shape index (κ2) is 14.6. The number of nitrogens with one attached hydrogen (secondary N) is 1. The molecule has 3 rings (SSSR count). The van der Waals surface area contributed by atoms with E-state index in [0.29, 0.717) is 21.3 Å². The van der Waals surface area contributed by atoms with Gasteiger partial charge in [0, 0.05) is 47.1 Å². The molecule has 7 nitrogen and oxygen atoms in total. The molecule has 43 heavy (non-hydrogen) atoms. The van der Waals surface area contributed by atoms with Crippen LogP contribution in [0.4, 0.5) is 5.69 Å². The molecule has 3 aromatic rings. The minimum absolute atomic E-state index is 0.00692. The summed E-state index contributed by atoms with van der Waals surface area (Å²) < 4.78 is 26.8. The number of nitrogens with zero attached hydrogens (tertiary/aromatic N) is 2. The molecule has 0 saturated carbocycles. The first-order valence-electron chi connectivity index (χ1n) is 14.2. The van der Waals surface area contributed by atoms with E-state index in [1.807, 2.05) is 83.1 Å². The lowest BCUT2D eigenvalue weighted by atomic mass is 10.00. The van der Waals surface area contributed by atoms with Crippen LogP contribution < -0.4 is 9.62 Å². The van der Waals surface area contributed by atoms with E-state index in [4.69, 9.17) is 23.2 Å². The minimum Gasteiger partial charge on any atom is -0.350 e. The van der Waals surface area contributed by atoms with Crippen molar-refractivity contribution in [3.05, 3.63) is 99.0 Å². The molecule has 0 aliphatic rings. The van der Waals surface area contributed by atoms with Gasteiger partial charge in [0.1, 0.15) is 6.04 Å². The molecule has 0 aliphatic heterocycles. The van der Waals surface area contributed by atoms with Crippen molar-refractivity contribution in [3.8, 4) is 0 Å². The van der Waals surface area contributed by atoms with Crippen molar-refractivity contribution in [2.24, 2.45) is 0 Å². The van der Waals surface area contributed by atoms with Gasteiger partial charge in [-0.05, 0) is 82.0 Å². The topological polar surface area (TPSA) is 86.8 Å². The van der Waals surface area contributed by atoms with Gasteiger partial charge in [-0.15, -0.1) is 0 Å². The van der Waals surface area contributed by atoms with Gasteiger partial charge >= 0.3 is 0 Å². The summed E-state index contributed by atoms with van der Waals surface area (Å²) in [5, 5.41) is 3.80. The fraction of sp³-hybridized carbons (Fsp3) is 0.394. The Morgan fingerprint density at radius 2 is 1.49 bits per heavy atom. The maximum atomic E-state index is 14.0. The van der Waals surface area contributed by atoms with Gasteiger partial charge in [0.25, 0.3) is 0 Å². The molecular formula is C33H41Cl2N3O4S. The van der Waals surface area contributed by atoms with Crippen LogP contribution in [0.2, 0.25) is 10.0 Å². The largest absolute Gasteiger partial charge is 0.350 e. The van der Waals surface area contributed by atoms with Crippen LogP contribution in [0, 0.1) is 13.8 Å². The lowest BCUT2D eigenvalue weighted by molar-refractivity contribution is -0.142. The first-order chi connectivity index (χ1) is 20.0. The molecule has 0 bridgehead atoms. The highest BCUT2D eigenvalue weighted by atomic mass is 35.5. The summed E-state index contributed by atoms with van der Waals surface area (Å²) in [6.45, 7) is 9.59. The highest BCUT2D eigenvalue weighted by Gasteiger charge is 2.33. The molecule has 10 heteroatoms. The van der Waals surface area contributed by atoms with Crippen LogP contribution in [0.5, 0.6) is 0 Å². The average Bonchev–Trinajstić information content (AvgIpc) is 2.88. The number of halogens is 2. The van der Waals surface area contributed by atoms with Gasteiger partial charge < -0.3 is 10.2 Å². The molecule has 0 unspecified atom stereocenters. The van der Waals surface area contributed by atoms with E-state index < -0.39 is 21.6 Å². The smallest absolute Gasteiger partial charge is 0.243 e. The van der Waals surface area contributed by atoms with Gasteiger partial charge in [0.15, 0.2) is 0 Å². The van der Waals surface area contributed by atoms with Crippen LogP contribution >= 0.6 is 23.2 Å². The van der Waals surface area contributed by atoms with E-state index in [-0.39, 0.29) is 44.2 Å². The van der Waals surface area contributed by atoms with Gasteiger partial charge in [-0.3, -0.25) is 13.9 Å². The molecule has 0 saturated heterocycles.